The third-order valence-corrected chi connectivity index (χ3v) is 2.99. The lowest BCUT2D eigenvalue weighted by molar-refractivity contribution is -0.118. The fourth-order valence-electron chi connectivity index (χ4n) is 1.46. The van der Waals surface area contributed by atoms with Gasteiger partial charge in [-0.3, -0.25) is 4.79 Å². The van der Waals surface area contributed by atoms with Crippen LogP contribution >= 0.6 is 0 Å². The molecule has 0 radical (unpaired) electrons. The molecule has 0 aliphatic rings. The zero-order chi connectivity index (χ0) is 13.7. The lowest BCUT2D eigenvalue weighted by Gasteiger charge is -2.18. The molecule has 1 rings (SSSR count). The van der Waals surface area contributed by atoms with E-state index in [1.807, 2.05) is 13.8 Å². The predicted octanol–water partition coefficient (Wildman–Crippen LogP) is 2.15. The van der Waals surface area contributed by atoms with Crippen molar-refractivity contribution >= 4 is 11.6 Å². The van der Waals surface area contributed by atoms with Crippen molar-refractivity contribution in [2.24, 2.45) is 11.7 Å². The van der Waals surface area contributed by atoms with Gasteiger partial charge in [-0.2, -0.15) is 0 Å². The second kappa shape index (κ2) is 6.35. The Balaban J connectivity index is 2.81. The Morgan fingerprint density at radius 3 is 2.78 bits per heavy atom. The van der Waals surface area contributed by atoms with Crippen molar-refractivity contribution in [3.05, 3.63) is 24.0 Å². The molecule has 0 saturated heterocycles. The Labute approximate surface area is 106 Å². The molecule has 0 spiro atoms. The van der Waals surface area contributed by atoms with Gasteiger partial charge in [0.05, 0.1) is 18.8 Å². The van der Waals surface area contributed by atoms with E-state index in [1.165, 1.54) is 25.3 Å². The largest absolute Gasteiger partial charge is 0.497 e. The van der Waals surface area contributed by atoms with E-state index in [4.69, 9.17) is 10.5 Å². The number of rotatable bonds is 5. The van der Waals surface area contributed by atoms with E-state index in [0.29, 0.717) is 5.75 Å². The predicted molar refractivity (Wildman–Crippen MR) is 69.0 cm³/mol. The van der Waals surface area contributed by atoms with Crippen molar-refractivity contribution in [3.63, 3.8) is 0 Å². The van der Waals surface area contributed by atoms with E-state index >= 15 is 0 Å². The zero-order valence-corrected chi connectivity index (χ0v) is 10.9. The van der Waals surface area contributed by atoms with Gasteiger partial charge in [0.25, 0.3) is 0 Å². The van der Waals surface area contributed by atoms with E-state index in [1.54, 1.807) is 0 Å². The van der Waals surface area contributed by atoms with Gasteiger partial charge in [-0.1, -0.05) is 20.3 Å². The number of carbonyl (C=O) groups excluding carboxylic acids is 1. The maximum Gasteiger partial charge on any atom is 0.241 e. The highest BCUT2D eigenvalue weighted by atomic mass is 19.1. The van der Waals surface area contributed by atoms with Gasteiger partial charge in [-0.15, -0.1) is 0 Å². The Morgan fingerprint density at radius 1 is 1.56 bits per heavy atom. The quantitative estimate of drug-likeness (QED) is 0.846. The summed E-state index contributed by atoms with van der Waals surface area (Å²) in [5, 5.41) is 2.48. The van der Waals surface area contributed by atoms with Crippen LogP contribution in [0.15, 0.2) is 18.2 Å². The average Bonchev–Trinajstić information content (AvgIpc) is 2.39. The molecule has 4 nitrogen and oxygen atoms in total. The first kappa shape index (κ1) is 14.4. The molecule has 0 aliphatic carbocycles. The van der Waals surface area contributed by atoms with Crippen molar-refractivity contribution in [3.8, 4) is 5.75 Å². The standard InChI is InChI=1S/C13H19FN2O2/c1-4-8(2)12(15)13(17)16-11-7-9(18-3)5-6-10(11)14/h5-8,12H,4,15H2,1-3H3,(H,16,17)/t8-,12-/m0/s1. The van der Waals surface area contributed by atoms with Crippen LogP contribution < -0.4 is 15.8 Å². The molecule has 18 heavy (non-hydrogen) atoms. The molecule has 0 bridgehead atoms. The summed E-state index contributed by atoms with van der Waals surface area (Å²) in [4.78, 5) is 11.8. The summed E-state index contributed by atoms with van der Waals surface area (Å²) in [6.07, 6.45) is 0.787. The molecule has 0 aliphatic heterocycles. The second-order valence-corrected chi connectivity index (χ2v) is 4.25. The number of ether oxygens (including phenoxy) is 1. The smallest absolute Gasteiger partial charge is 0.241 e. The molecule has 0 aromatic heterocycles. The summed E-state index contributed by atoms with van der Waals surface area (Å²) in [6, 6.07) is 3.50. The molecule has 1 amide bonds. The van der Waals surface area contributed by atoms with Crippen LogP contribution in [-0.4, -0.2) is 19.1 Å². The maximum absolute atomic E-state index is 13.5. The second-order valence-electron chi connectivity index (χ2n) is 4.25. The van der Waals surface area contributed by atoms with E-state index in [-0.39, 0.29) is 11.6 Å². The molecule has 0 unspecified atom stereocenters. The maximum atomic E-state index is 13.5. The van der Waals surface area contributed by atoms with Crippen LogP contribution in [0.2, 0.25) is 0 Å². The Kier molecular flexibility index (Phi) is 5.09. The first-order valence-corrected chi connectivity index (χ1v) is 5.89. The van der Waals surface area contributed by atoms with Gasteiger partial charge < -0.3 is 15.8 Å². The summed E-state index contributed by atoms with van der Waals surface area (Å²) < 4.78 is 18.5. The molecule has 100 valence electrons. The summed E-state index contributed by atoms with van der Waals surface area (Å²) >= 11 is 0. The Hall–Kier alpha value is -1.62. The minimum absolute atomic E-state index is 0.0404. The number of carbonyl (C=O) groups is 1. The number of hydrogen-bond acceptors (Lipinski definition) is 3. The summed E-state index contributed by atoms with van der Waals surface area (Å²) in [5.41, 5.74) is 5.86. The number of hydrogen-bond donors (Lipinski definition) is 2. The molecule has 1 aromatic rings. The van der Waals surface area contributed by atoms with Crippen LogP contribution in [0.5, 0.6) is 5.75 Å². The number of amides is 1. The topological polar surface area (TPSA) is 64.4 Å². The monoisotopic (exact) mass is 254 g/mol. The number of halogens is 1. The highest BCUT2D eigenvalue weighted by Crippen LogP contribution is 2.21. The van der Waals surface area contributed by atoms with Gasteiger partial charge in [-0.05, 0) is 18.1 Å². The molecule has 1 aromatic carbocycles. The number of nitrogens with one attached hydrogen (secondary N) is 1. The van der Waals surface area contributed by atoms with Gasteiger partial charge in [0, 0.05) is 6.07 Å². The van der Waals surface area contributed by atoms with Gasteiger partial charge in [0.15, 0.2) is 0 Å². The molecular formula is C13H19FN2O2. The van der Waals surface area contributed by atoms with Crippen LogP contribution in [0.25, 0.3) is 0 Å². The van der Waals surface area contributed by atoms with Crippen LogP contribution in [0.3, 0.4) is 0 Å². The first-order valence-electron chi connectivity index (χ1n) is 5.89. The normalized spacial score (nSPS) is 13.8. The van der Waals surface area contributed by atoms with Gasteiger partial charge in [0.1, 0.15) is 11.6 Å². The van der Waals surface area contributed by atoms with Crippen molar-refractivity contribution < 1.29 is 13.9 Å². The van der Waals surface area contributed by atoms with E-state index in [0.717, 1.165) is 6.42 Å². The Morgan fingerprint density at radius 2 is 2.22 bits per heavy atom. The van der Waals surface area contributed by atoms with Crippen molar-refractivity contribution in [2.45, 2.75) is 26.3 Å². The molecule has 2 atom stereocenters. The van der Waals surface area contributed by atoms with Crippen LogP contribution in [0, 0.1) is 11.7 Å². The Bertz CT molecular complexity index is 423. The summed E-state index contributed by atoms with van der Waals surface area (Å²) in [5.74, 6) is -0.389. The fraction of sp³-hybridized carbons (Fsp3) is 0.462. The molecule has 0 saturated carbocycles. The van der Waals surface area contributed by atoms with Crippen LogP contribution in [0.1, 0.15) is 20.3 Å². The van der Waals surface area contributed by atoms with Crippen LogP contribution in [-0.2, 0) is 4.79 Å². The summed E-state index contributed by atoms with van der Waals surface area (Å²) in [7, 11) is 1.48. The lowest BCUT2D eigenvalue weighted by atomic mass is 9.99. The summed E-state index contributed by atoms with van der Waals surface area (Å²) in [6.45, 7) is 3.83. The minimum Gasteiger partial charge on any atom is -0.497 e. The molecule has 0 fully saturated rings. The third-order valence-electron chi connectivity index (χ3n) is 2.99. The number of anilines is 1. The van der Waals surface area contributed by atoms with Gasteiger partial charge >= 0.3 is 0 Å². The van der Waals surface area contributed by atoms with Crippen molar-refractivity contribution in [1.29, 1.82) is 0 Å². The molecule has 0 heterocycles. The van der Waals surface area contributed by atoms with Gasteiger partial charge in [0.2, 0.25) is 5.91 Å². The zero-order valence-electron chi connectivity index (χ0n) is 10.9. The molecule has 3 N–H and O–H groups in total. The van der Waals surface area contributed by atoms with Crippen molar-refractivity contribution in [1.82, 2.24) is 0 Å². The number of methoxy groups -OCH3 is 1. The van der Waals surface area contributed by atoms with E-state index < -0.39 is 17.8 Å². The first-order chi connectivity index (χ1) is 8.49. The molecule has 5 heteroatoms. The number of nitrogens with two attached hydrogens (primary N) is 1. The fourth-order valence-corrected chi connectivity index (χ4v) is 1.46. The SMILES string of the molecule is CC[C@H](C)[C@H](N)C(=O)Nc1cc(OC)ccc1F. The highest BCUT2D eigenvalue weighted by molar-refractivity contribution is 5.95. The minimum atomic E-state index is -0.652. The van der Waals surface area contributed by atoms with Gasteiger partial charge in [-0.25, -0.2) is 4.39 Å². The number of benzene rings is 1. The molecular weight excluding hydrogens is 235 g/mol. The van der Waals surface area contributed by atoms with E-state index in [9.17, 15) is 9.18 Å². The highest BCUT2D eigenvalue weighted by Gasteiger charge is 2.20. The lowest BCUT2D eigenvalue weighted by Crippen LogP contribution is -2.40. The van der Waals surface area contributed by atoms with E-state index in [2.05, 4.69) is 5.32 Å². The third kappa shape index (κ3) is 3.43. The van der Waals surface area contributed by atoms with Crippen molar-refractivity contribution in [2.75, 3.05) is 12.4 Å². The average molecular weight is 254 g/mol. The van der Waals surface area contributed by atoms with Crippen LogP contribution in [0.4, 0.5) is 10.1 Å².